The van der Waals surface area contributed by atoms with Crippen LogP contribution < -0.4 is 15.2 Å². The van der Waals surface area contributed by atoms with Gasteiger partial charge in [0.05, 0.1) is 31.2 Å². The highest BCUT2D eigenvalue weighted by Crippen LogP contribution is 2.23. The van der Waals surface area contributed by atoms with E-state index in [0.717, 1.165) is 12.1 Å². The van der Waals surface area contributed by atoms with Crippen LogP contribution in [-0.4, -0.2) is 84.6 Å². The molecule has 2 aromatic heterocycles. The zero-order chi connectivity index (χ0) is 21.0. The molecule has 154 valence electrons. The summed E-state index contributed by atoms with van der Waals surface area (Å²) < 4.78 is 5.12. The summed E-state index contributed by atoms with van der Waals surface area (Å²) in [7, 11) is 7.29. The van der Waals surface area contributed by atoms with Crippen LogP contribution in [0.5, 0.6) is 5.88 Å². The van der Waals surface area contributed by atoms with Gasteiger partial charge in [-0.3, -0.25) is 14.6 Å². The van der Waals surface area contributed by atoms with Crippen molar-refractivity contribution >= 4 is 11.6 Å². The van der Waals surface area contributed by atoms with E-state index in [9.17, 15) is 9.59 Å². The molecule has 1 amide bonds. The molecule has 0 unspecified atom stereocenters. The zero-order valence-electron chi connectivity index (χ0n) is 17.1. The molecule has 0 atom stereocenters. The third-order valence-corrected chi connectivity index (χ3v) is 4.83. The lowest BCUT2D eigenvalue weighted by molar-refractivity contribution is -0.130. The van der Waals surface area contributed by atoms with E-state index in [0.29, 0.717) is 30.4 Å². The Morgan fingerprint density at radius 2 is 2.10 bits per heavy atom. The Morgan fingerprint density at radius 3 is 2.79 bits per heavy atom. The van der Waals surface area contributed by atoms with Crippen molar-refractivity contribution in [1.82, 2.24) is 24.8 Å². The summed E-state index contributed by atoms with van der Waals surface area (Å²) in [4.78, 5) is 41.4. The van der Waals surface area contributed by atoms with E-state index in [1.807, 2.05) is 37.0 Å². The second kappa shape index (κ2) is 8.87. The summed E-state index contributed by atoms with van der Waals surface area (Å²) in [5.41, 5.74) is 1.67. The van der Waals surface area contributed by atoms with E-state index in [2.05, 4.69) is 15.0 Å². The summed E-state index contributed by atoms with van der Waals surface area (Å²) in [6.07, 6.45) is 8.20. The number of pyridine rings is 1. The number of ether oxygens (including phenoxy) is 1. The Hall–Kier alpha value is -3.20. The number of amides is 1. The highest BCUT2D eigenvalue weighted by atomic mass is 16.5. The molecule has 1 aliphatic rings. The van der Waals surface area contributed by atoms with E-state index in [1.54, 1.807) is 29.4 Å². The van der Waals surface area contributed by atoms with Crippen LogP contribution in [0, 0.1) is 0 Å². The first-order valence-corrected chi connectivity index (χ1v) is 9.31. The van der Waals surface area contributed by atoms with Crippen molar-refractivity contribution < 1.29 is 9.53 Å². The van der Waals surface area contributed by atoms with Crippen LogP contribution in [0.15, 0.2) is 41.6 Å². The minimum atomic E-state index is -0.192. The number of nitrogens with one attached hydrogen (secondary N) is 1. The summed E-state index contributed by atoms with van der Waals surface area (Å²) in [5, 5.41) is 0. The van der Waals surface area contributed by atoms with Crippen LogP contribution in [0.2, 0.25) is 0 Å². The van der Waals surface area contributed by atoms with E-state index >= 15 is 0 Å². The summed E-state index contributed by atoms with van der Waals surface area (Å²) in [6, 6.07) is 1.86. The SMILES string of the molecule is COc1cncc(-c2c[nH]c(=O)c(N(C)C3CN(C(=O)C=CCN(C)C)C3)c2)n1. The third-order valence-electron chi connectivity index (χ3n) is 4.83. The molecule has 29 heavy (non-hydrogen) atoms. The molecule has 1 fully saturated rings. The van der Waals surface area contributed by atoms with Gasteiger partial charge in [-0.1, -0.05) is 6.08 Å². The first-order valence-electron chi connectivity index (χ1n) is 9.31. The average Bonchev–Trinajstić information content (AvgIpc) is 2.66. The number of carbonyl (C=O) groups excluding carboxylic acids is 1. The first-order chi connectivity index (χ1) is 13.9. The number of anilines is 1. The third kappa shape index (κ3) is 4.80. The van der Waals surface area contributed by atoms with Gasteiger partial charge in [0.2, 0.25) is 11.8 Å². The van der Waals surface area contributed by atoms with Crippen LogP contribution in [0.25, 0.3) is 11.3 Å². The predicted octanol–water partition coefficient (Wildman–Crippen LogP) is 0.605. The second-order valence-corrected chi connectivity index (χ2v) is 7.22. The second-order valence-electron chi connectivity index (χ2n) is 7.22. The van der Waals surface area contributed by atoms with Crippen molar-refractivity contribution in [1.29, 1.82) is 0 Å². The largest absolute Gasteiger partial charge is 0.480 e. The minimum absolute atomic E-state index is 0.00850. The number of rotatable bonds is 7. The Kier molecular flexibility index (Phi) is 6.28. The van der Waals surface area contributed by atoms with Gasteiger partial charge in [0.15, 0.2) is 0 Å². The number of hydrogen-bond donors (Lipinski definition) is 1. The zero-order valence-corrected chi connectivity index (χ0v) is 17.1. The molecule has 9 nitrogen and oxygen atoms in total. The van der Waals surface area contributed by atoms with Gasteiger partial charge in [-0.05, 0) is 20.2 Å². The summed E-state index contributed by atoms with van der Waals surface area (Å²) in [6.45, 7) is 1.87. The molecular weight excluding hydrogens is 372 g/mol. The van der Waals surface area contributed by atoms with Gasteiger partial charge in [-0.15, -0.1) is 0 Å². The maximum absolute atomic E-state index is 12.4. The molecule has 3 heterocycles. The average molecular weight is 398 g/mol. The number of likely N-dealkylation sites (tertiary alicyclic amines) is 1. The van der Waals surface area contributed by atoms with Gasteiger partial charge in [0, 0.05) is 44.5 Å². The van der Waals surface area contributed by atoms with E-state index in [4.69, 9.17) is 4.74 Å². The highest BCUT2D eigenvalue weighted by molar-refractivity contribution is 5.88. The molecule has 0 radical (unpaired) electrons. The maximum Gasteiger partial charge on any atom is 0.271 e. The molecule has 0 bridgehead atoms. The van der Waals surface area contributed by atoms with E-state index in [-0.39, 0.29) is 17.5 Å². The fourth-order valence-corrected chi connectivity index (χ4v) is 3.01. The Balaban J connectivity index is 1.69. The number of carbonyl (C=O) groups is 1. The van der Waals surface area contributed by atoms with Gasteiger partial charge >= 0.3 is 0 Å². The number of aromatic amines is 1. The number of aromatic nitrogens is 3. The number of likely N-dealkylation sites (N-methyl/N-ethyl adjacent to an activating group) is 2. The lowest BCUT2D eigenvalue weighted by atomic mass is 10.1. The normalized spacial score (nSPS) is 14.3. The van der Waals surface area contributed by atoms with Crippen LogP contribution in [-0.2, 0) is 4.79 Å². The fraction of sp³-hybridized carbons (Fsp3) is 0.400. The smallest absolute Gasteiger partial charge is 0.271 e. The molecule has 9 heteroatoms. The van der Waals surface area contributed by atoms with Crippen LogP contribution in [0.1, 0.15) is 0 Å². The molecule has 1 saturated heterocycles. The summed E-state index contributed by atoms with van der Waals surface area (Å²) >= 11 is 0. The topological polar surface area (TPSA) is 94.7 Å². The van der Waals surface area contributed by atoms with Crippen molar-refractivity contribution in [3.8, 4) is 17.1 Å². The summed E-state index contributed by atoms with van der Waals surface area (Å²) in [5.74, 6) is 0.393. The Morgan fingerprint density at radius 1 is 1.34 bits per heavy atom. The maximum atomic E-state index is 12.4. The minimum Gasteiger partial charge on any atom is -0.480 e. The molecule has 0 aromatic carbocycles. The lowest BCUT2D eigenvalue weighted by Gasteiger charge is -2.44. The Bertz CT molecular complexity index is 949. The van der Waals surface area contributed by atoms with Crippen molar-refractivity contribution in [2.45, 2.75) is 6.04 Å². The Labute approximate surface area is 169 Å². The monoisotopic (exact) mass is 398 g/mol. The van der Waals surface area contributed by atoms with E-state index < -0.39 is 0 Å². The van der Waals surface area contributed by atoms with E-state index in [1.165, 1.54) is 13.3 Å². The molecule has 1 aliphatic heterocycles. The van der Waals surface area contributed by atoms with Gasteiger partial charge in [-0.25, -0.2) is 4.98 Å². The molecule has 0 saturated carbocycles. The molecule has 0 spiro atoms. The molecule has 3 rings (SSSR count). The standard InChI is InChI=1S/C20H26N6O3/c1-24(2)7-5-6-19(27)26-12-15(13-26)25(3)17-8-14(9-22-20(17)28)16-10-21-11-18(23-16)29-4/h5-6,8-11,15H,7,12-13H2,1-4H3,(H,22,28). The molecular formula is C20H26N6O3. The van der Waals surface area contributed by atoms with Gasteiger partial charge in [-0.2, -0.15) is 0 Å². The highest BCUT2D eigenvalue weighted by Gasteiger charge is 2.33. The molecule has 2 aromatic rings. The lowest BCUT2D eigenvalue weighted by Crippen LogP contribution is -2.60. The number of hydrogen-bond acceptors (Lipinski definition) is 7. The van der Waals surface area contributed by atoms with Crippen molar-refractivity contribution in [3.05, 3.63) is 47.2 Å². The van der Waals surface area contributed by atoms with Gasteiger partial charge in [0.1, 0.15) is 5.69 Å². The van der Waals surface area contributed by atoms with Crippen molar-refractivity contribution in [2.75, 3.05) is 52.8 Å². The predicted molar refractivity (Wildman–Crippen MR) is 111 cm³/mol. The van der Waals surface area contributed by atoms with Crippen LogP contribution >= 0.6 is 0 Å². The van der Waals surface area contributed by atoms with Crippen LogP contribution in [0.3, 0.4) is 0 Å². The van der Waals surface area contributed by atoms with Gasteiger partial charge < -0.3 is 24.4 Å². The number of methoxy groups -OCH3 is 1. The molecule has 0 aliphatic carbocycles. The van der Waals surface area contributed by atoms with Gasteiger partial charge in [0.25, 0.3) is 5.56 Å². The molecule has 1 N–H and O–H groups in total. The number of nitrogens with zero attached hydrogens (tertiary/aromatic N) is 5. The first kappa shape index (κ1) is 20.5. The van der Waals surface area contributed by atoms with Crippen molar-refractivity contribution in [2.24, 2.45) is 0 Å². The number of H-pyrrole nitrogens is 1. The quantitative estimate of drug-likeness (QED) is 0.683. The fourth-order valence-electron chi connectivity index (χ4n) is 3.01. The van der Waals surface area contributed by atoms with Crippen molar-refractivity contribution in [3.63, 3.8) is 0 Å². The van der Waals surface area contributed by atoms with Crippen LogP contribution in [0.4, 0.5) is 5.69 Å².